The number of hydrogen-bond acceptors (Lipinski definition) is 6. The lowest BCUT2D eigenvalue weighted by Crippen LogP contribution is -2.60. The molecule has 0 radical (unpaired) electrons. The van der Waals surface area contributed by atoms with E-state index in [9.17, 15) is 23.5 Å². The molecule has 1 heterocycles. The Morgan fingerprint density at radius 2 is 1.84 bits per heavy atom. The zero-order valence-corrected chi connectivity index (χ0v) is 17.9. The molecule has 0 aromatic heterocycles. The molecule has 2 rings (SSSR count). The highest BCUT2D eigenvalue weighted by Crippen LogP contribution is 2.25. The predicted molar refractivity (Wildman–Crippen MR) is 111 cm³/mol. The van der Waals surface area contributed by atoms with Crippen molar-refractivity contribution >= 4 is 11.8 Å². The largest absolute Gasteiger partial charge is 0.384 e. The highest BCUT2D eigenvalue weighted by atomic mass is 19.3. The fourth-order valence-corrected chi connectivity index (χ4v) is 3.31. The number of aliphatic hydroxyl groups excluding tert-OH is 1. The third-order valence-electron chi connectivity index (χ3n) is 5.30. The number of nitrogens with two attached hydrogens (primary N) is 1. The van der Waals surface area contributed by atoms with Crippen LogP contribution in [-0.4, -0.2) is 79.3 Å². The number of nitrogens with zero attached hydrogens (tertiary/aromatic N) is 1. The summed E-state index contributed by atoms with van der Waals surface area (Å²) in [6.07, 6.45) is -2.41. The summed E-state index contributed by atoms with van der Waals surface area (Å²) in [7, 11) is 0. The summed E-state index contributed by atoms with van der Waals surface area (Å²) >= 11 is 0. The first kappa shape index (κ1) is 25.1. The molecule has 1 aromatic rings. The van der Waals surface area contributed by atoms with Crippen LogP contribution in [0.2, 0.25) is 0 Å². The first-order valence-corrected chi connectivity index (χ1v) is 10.4. The Bertz CT molecular complexity index is 715. The van der Waals surface area contributed by atoms with Gasteiger partial charge in [0.05, 0.1) is 19.3 Å². The van der Waals surface area contributed by atoms with Gasteiger partial charge in [-0.1, -0.05) is 44.2 Å². The molecule has 10 heteroatoms. The van der Waals surface area contributed by atoms with E-state index in [4.69, 9.17) is 10.5 Å². The molecule has 0 unspecified atom stereocenters. The van der Waals surface area contributed by atoms with Gasteiger partial charge in [0.25, 0.3) is 5.91 Å². The van der Waals surface area contributed by atoms with Crippen LogP contribution in [0, 0.1) is 5.92 Å². The maximum Gasteiger partial charge on any atom is 0.351 e. The molecule has 31 heavy (non-hydrogen) atoms. The summed E-state index contributed by atoms with van der Waals surface area (Å²) in [4.78, 5) is 26.6. The highest BCUT2D eigenvalue weighted by Gasteiger charge is 2.51. The monoisotopic (exact) mass is 442 g/mol. The van der Waals surface area contributed by atoms with Gasteiger partial charge >= 0.3 is 5.92 Å². The molecule has 1 saturated heterocycles. The number of rotatable bonds is 10. The molecule has 0 bridgehead atoms. The lowest BCUT2D eigenvalue weighted by molar-refractivity contribution is -0.169. The number of carbonyl (C=O) groups excluding carboxylic acids is 2. The molecule has 8 nitrogen and oxygen atoms in total. The maximum atomic E-state index is 14.7. The quantitative estimate of drug-likeness (QED) is 0.413. The number of carbonyl (C=O) groups is 2. The van der Waals surface area contributed by atoms with E-state index in [0.717, 1.165) is 0 Å². The van der Waals surface area contributed by atoms with Crippen molar-refractivity contribution in [2.24, 2.45) is 11.7 Å². The molecule has 1 aromatic carbocycles. The first-order valence-electron chi connectivity index (χ1n) is 10.4. The van der Waals surface area contributed by atoms with Crippen molar-refractivity contribution in [3.63, 3.8) is 0 Å². The van der Waals surface area contributed by atoms with Crippen LogP contribution in [0.25, 0.3) is 0 Å². The van der Waals surface area contributed by atoms with Gasteiger partial charge in [0.2, 0.25) is 5.91 Å². The van der Waals surface area contributed by atoms with Gasteiger partial charge in [-0.3, -0.25) is 14.5 Å². The summed E-state index contributed by atoms with van der Waals surface area (Å²) in [5.74, 6) is -6.97. The molecule has 0 spiro atoms. The normalized spacial score (nSPS) is 18.3. The number of aliphatic hydroxyl groups is 1. The number of hydrogen-bond donors (Lipinski definition) is 4. The van der Waals surface area contributed by atoms with Crippen LogP contribution in [0.4, 0.5) is 8.78 Å². The topological polar surface area (TPSA) is 117 Å². The van der Waals surface area contributed by atoms with E-state index in [-0.39, 0.29) is 6.54 Å². The van der Waals surface area contributed by atoms with Gasteiger partial charge in [-0.2, -0.15) is 8.78 Å². The van der Waals surface area contributed by atoms with E-state index in [1.807, 2.05) is 4.90 Å². The van der Waals surface area contributed by atoms with Gasteiger partial charge in [-0.25, -0.2) is 0 Å². The summed E-state index contributed by atoms with van der Waals surface area (Å²) in [5, 5.41) is 14.9. The van der Waals surface area contributed by atoms with Crippen molar-refractivity contribution in [2.75, 3.05) is 39.4 Å². The second-order valence-electron chi connectivity index (χ2n) is 7.94. The second-order valence-corrected chi connectivity index (χ2v) is 7.94. The number of alkyl halides is 2. The van der Waals surface area contributed by atoms with E-state index in [0.29, 0.717) is 38.4 Å². The number of amides is 2. The van der Waals surface area contributed by atoms with Crippen molar-refractivity contribution in [3.8, 4) is 0 Å². The van der Waals surface area contributed by atoms with Crippen LogP contribution >= 0.6 is 0 Å². The Kier molecular flexibility index (Phi) is 9.30. The van der Waals surface area contributed by atoms with E-state index in [1.165, 1.54) is 0 Å². The fourth-order valence-electron chi connectivity index (χ4n) is 3.31. The highest BCUT2D eigenvalue weighted by molar-refractivity contribution is 5.85. The third kappa shape index (κ3) is 6.93. The van der Waals surface area contributed by atoms with Gasteiger partial charge in [0, 0.05) is 26.2 Å². The molecule has 1 fully saturated rings. The van der Waals surface area contributed by atoms with E-state index in [2.05, 4.69) is 10.6 Å². The average molecular weight is 443 g/mol. The van der Waals surface area contributed by atoms with Crippen molar-refractivity contribution in [1.29, 1.82) is 0 Å². The minimum absolute atomic E-state index is 0.0126. The standard InChI is InChI=1S/C21H32F2N4O4/c1-14(2)17(26-19(29)16(24)15-6-4-3-5-7-15)18(28)21(22,23)20(30)25-8-9-27-10-12-31-13-11-27/h3-7,14,16-18,28H,8-13,24H2,1-2H3,(H,25,30)(H,26,29)/t16-,17-,18+/m0/s1. The Morgan fingerprint density at radius 3 is 2.42 bits per heavy atom. The summed E-state index contributed by atoms with van der Waals surface area (Å²) in [5.41, 5.74) is 6.42. The summed E-state index contributed by atoms with van der Waals surface area (Å²) < 4.78 is 34.6. The molecular weight excluding hydrogens is 410 g/mol. The number of halogens is 2. The SMILES string of the molecule is CC(C)[C@H](NC(=O)[C@@H](N)c1ccccc1)[C@@H](O)C(F)(F)C(=O)NCCN1CCOCC1. The van der Waals surface area contributed by atoms with Crippen LogP contribution in [-0.2, 0) is 14.3 Å². The van der Waals surface area contributed by atoms with Crippen LogP contribution < -0.4 is 16.4 Å². The zero-order valence-electron chi connectivity index (χ0n) is 17.9. The van der Waals surface area contributed by atoms with Crippen LogP contribution in [0.3, 0.4) is 0 Å². The average Bonchev–Trinajstić information content (AvgIpc) is 2.77. The maximum absolute atomic E-state index is 14.7. The van der Waals surface area contributed by atoms with Crippen LogP contribution in [0.1, 0.15) is 25.5 Å². The van der Waals surface area contributed by atoms with Crippen LogP contribution in [0.15, 0.2) is 30.3 Å². The molecule has 5 N–H and O–H groups in total. The van der Waals surface area contributed by atoms with Crippen molar-refractivity contribution in [1.82, 2.24) is 15.5 Å². The predicted octanol–water partition coefficient (Wildman–Crippen LogP) is 0.272. The fraction of sp³-hybridized carbons (Fsp3) is 0.619. The van der Waals surface area contributed by atoms with E-state index >= 15 is 0 Å². The molecule has 2 amide bonds. The van der Waals surface area contributed by atoms with Gasteiger partial charge in [0.1, 0.15) is 12.1 Å². The van der Waals surface area contributed by atoms with Crippen LogP contribution in [0.5, 0.6) is 0 Å². The molecular formula is C21H32F2N4O4. The minimum Gasteiger partial charge on any atom is -0.384 e. The Hall–Kier alpha value is -2.14. The van der Waals surface area contributed by atoms with E-state index < -0.39 is 41.8 Å². The Labute approximate surface area is 181 Å². The van der Waals surface area contributed by atoms with E-state index in [1.54, 1.807) is 44.2 Å². The molecule has 1 aliphatic rings. The zero-order chi connectivity index (χ0) is 23.0. The molecule has 0 aliphatic carbocycles. The van der Waals surface area contributed by atoms with Crippen molar-refractivity contribution < 1.29 is 28.2 Å². The molecule has 3 atom stereocenters. The molecule has 174 valence electrons. The van der Waals surface area contributed by atoms with Gasteiger partial charge < -0.3 is 26.2 Å². The third-order valence-corrected chi connectivity index (χ3v) is 5.30. The number of ether oxygens (including phenoxy) is 1. The smallest absolute Gasteiger partial charge is 0.351 e. The van der Waals surface area contributed by atoms with Crippen molar-refractivity contribution in [3.05, 3.63) is 35.9 Å². The number of nitrogens with one attached hydrogen (secondary N) is 2. The molecule has 1 aliphatic heterocycles. The van der Waals surface area contributed by atoms with Crippen molar-refractivity contribution in [2.45, 2.75) is 38.0 Å². The lowest BCUT2D eigenvalue weighted by Gasteiger charge is -2.33. The summed E-state index contributed by atoms with van der Waals surface area (Å²) in [6, 6.07) is 5.98. The second kappa shape index (κ2) is 11.5. The first-order chi connectivity index (χ1) is 14.6. The Balaban J connectivity index is 1.96. The number of benzene rings is 1. The van der Waals surface area contributed by atoms with Gasteiger partial charge in [-0.15, -0.1) is 0 Å². The number of morpholine rings is 1. The minimum atomic E-state index is -4.09. The lowest BCUT2D eigenvalue weighted by atomic mass is 9.93. The van der Waals surface area contributed by atoms with Gasteiger partial charge in [0.15, 0.2) is 0 Å². The van der Waals surface area contributed by atoms with Gasteiger partial charge in [-0.05, 0) is 11.5 Å². The summed E-state index contributed by atoms with van der Waals surface area (Å²) in [6.45, 7) is 5.99. The Morgan fingerprint density at radius 1 is 1.23 bits per heavy atom. The molecule has 0 saturated carbocycles.